The van der Waals surface area contributed by atoms with E-state index in [0.717, 1.165) is 16.3 Å². The van der Waals surface area contributed by atoms with Crippen LogP contribution in [-0.4, -0.2) is 18.2 Å². The highest BCUT2D eigenvalue weighted by molar-refractivity contribution is 7.98. The summed E-state index contributed by atoms with van der Waals surface area (Å²) in [6, 6.07) is 13.6. The van der Waals surface area contributed by atoms with Crippen LogP contribution in [0.15, 0.2) is 47.4 Å². The van der Waals surface area contributed by atoms with E-state index in [0.29, 0.717) is 0 Å². The number of hydrogen-bond donors (Lipinski definition) is 2. The standard InChI is InChI=1S/C18H22N2OS/c1-12-9-10-15(11-13(12)2)19-14(3)18(21)20-16-7-5-6-8-17(16)22-4/h5-11,14,19H,1-4H3,(H,20,21)/t14-/m0/s1. The lowest BCUT2D eigenvalue weighted by molar-refractivity contribution is -0.116. The zero-order valence-electron chi connectivity index (χ0n) is 13.4. The van der Waals surface area contributed by atoms with Crippen LogP contribution < -0.4 is 10.6 Å². The summed E-state index contributed by atoms with van der Waals surface area (Å²) in [6.07, 6.45) is 2.00. The Morgan fingerprint density at radius 1 is 1.09 bits per heavy atom. The van der Waals surface area contributed by atoms with Gasteiger partial charge in [0.25, 0.3) is 0 Å². The second-order valence-corrected chi connectivity index (χ2v) is 6.20. The van der Waals surface area contributed by atoms with Crippen molar-refractivity contribution in [2.45, 2.75) is 31.7 Å². The highest BCUT2D eigenvalue weighted by Crippen LogP contribution is 2.25. The fourth-order valence-corrected chi connectivity index (χ4v) is 2.69. The fourth-order valence-electron chi connectivity index (χ4n) is 2.14. The van der Waals surface area contributed by atoms with E-state index in [2.05, 4.69) is 36.6 Å². The van der Waals surface area contributed by atoms with E-state index in [4.69, 9.17) is 0 Å². The van der Waals surface area contributed by atoms with Gasteiger partial charge in [-0.2, -0.15) is 0 Å². The third-order valence-corrected chi connectivity index (χ3v) is 4.44. The van der Waals surface area contributed by atoms with Gasteiger partial charge in [0.15, 0.2) is 0 Å². The van der Waals surface area contributed by atoms with Crippen LogP contribution in [0.4, 0.5) is 11.4 Å². The van der Waals surface area contributed by atoms with E-state index in [1.807, 2.05) is 43.5 Å². The summed E-state index contributed by atoms with van der Waals surface area (Å²) >= 11 is 1.62. The first kappa shape index (κ1) is 16.4. The second kappa shape index (κ2) is 7.36. The maximum absolute atomic E-state index is 12.4. The minimum Gasteiger partial charge on any atom is -0.374 e. The van der Waals surface area contributed by atoms with Crippen LogP contribution in [0, 0.1) is 13.8 Å². The molecule has 0 saturated heterocycles. The van der Waals surface area contributed by atoms with Gasteiger partial charge in [0.2, 0.25) is 5.91 Å². The SMILES string of the molecule is CSc1ccccc1NC(=O)[C@H](C)Nc1ccc(C)c(C)c1. The molecule has 0 aliphatic carbocycles. The molecular formula is C18H22N2OS. The minimum atomic E-state index is -0.308. The molecule has 4 heteroatoms. The Labute approximate surface area is 136 Å². The Bertz CT molecular complexity index is 670. The van der Waals surface area contributed by atoms with Crippen LogP contribution in [0.1, 0.15) is 18.1 Å². The third-order valence-electron chi connectivity index (χ3n) is 3.65. The molecule has 1 atom stereocenters. The van der Waals surface area contributed by atoms with Crippen LogP contribution in [0.5, 0.6) is 0 Å². The van der Waals surface area contributed by atoms with E-state index >= 15 is 0 Å². The molecule has 2 rings (SSSR count). The number of thioether (sulfide) groups is 1. The molecule has 0 spiro atoms. The highest BCUT2D eigenvalue weighted by Gasteiger charge is 2.14. The first-order valence-electron chi connectivity index (χ1n) is 7.29. The van der Waals surface area contributed by atoms with Gasteiger partial charge < -0.3 is 10.6 Å². The summed E-state index contributed by atoms with van der Waals surface area (Å²) in [5.74, 6) is -0.0419. The van der Waals surface area contributed by atoms with Gasteiger partial charge in [0, 0.05) is 10.6 Å². The smallest absolute Gasteiger partial charge is 0.246 e. The van der Waals surface area contributed by atoms with E-state index in [1.54, 1.807) is 11.8 Å². The number of benzene rings is 2. The molecule has 2 aromatic carbocycles. The lowest BCUT2D eigenvalue weighted by Gasteiger charge is -2.17. The monoisotopic (exact) mass is 314 g/mol. The molecule has 0 aliphatic rings. The fraction of sp³-hybridized carbons (Fsp3) is 0.278. The molecular weight excluding hydrogens is 292 g/mol. The zero-order chi connectivity index (χ0) is 16.1. The molecule has 3 nitrogen and oxygen atoms in total. The predicted octanol–water partition coefficient (Wildman–Crippen LogP) is 4.46. The number of anilines is 2. The van der Waals surface area contributed by atoms with E-state index in [9.17, 15) is 4.79 Å². The van der Waals surface area contributed by atoms with Gasteiger partial charge in [-0.25, -0.2) is 0 Å². The normalized spacial score (nSPS) is 11.8. The number of carbonyl (C=O) groups is 1. The van der Waals surface area contributed by atoms with Gasteiger partial charge in [0.1, 0.15) is 6.04 Å². The molecule has 0 aromatic heterocycles. The summed E-state index contributed by atoms with van der Waals surface area (Å²) in [5.41, 5.74) is 4.28. The second-order valence-electron chi connectivity index (χ2n) is 5.35. The van der Waals surface area contributed by atoms with E-state index < -0.39 is 0 Å². The summed E-state index contributed by atoms with van der Waals surface area (Å²) in [5, 5.41) is 6.23. The van der Waals surface area contributed by atoms with Gasteiger partial charge >= 0.3 is 0 Å². The highest BCUT2D eigenvalue weighted by atomic mass is 32.2. The van der Waals surface area contributed by atoms with Crippen molar-refractivity contribution in [2.75, 3.05) is 16.9 Å². The topological polar surface area (TPSA) is 41.1 Å². The number of aryl methyl sites for hydroxylation is 2. The lowest BCUT2D eigenvalue weighted by atomic mass is 10.1. The Morgan fingerprint density at radius 2 is 1.82 bits per heavy atom. The number of carbonyl (C=O) groups excluding carboxylic acids is 1. The quantitative estimate of drug-likeness (QED) is 0.800. The number of rotatable bonds is 5. The summed E-state index contributed by atoms with van der Waals surface area (Å²) < 4.78 is 0. The number of nitrogens with one attached hydrogen (secondary N) is 2. The summed E-state index contributed by atoms with van der Waals surface area (Å²) in [4.78, 5) is 13.4. The predicted molar refractivity (Wildman–Crippen MR) is 95.9 cm³/mol. The Hall–Kier alpha value is -1.94. The lowest BCUT2D eigenvalue weighted by Crippen LogP contribution is -2.32. The minimum absolute atomic E-state index is 0.0419. The Kier molecular flexibility index (Phi) is 5.50. The maximum atomic E-state index is 12.4. The molecule has 0 radical (unpaired) electrons. The molecule has 0 heterocycles. The first-order valence-corrected chi connectivity index (χ1v) is 8.51. The third kappa shape index (κ3) is 4.04. The van der Waals surface area contributed by atoms with Crippen molar-refractivity contribution in [2.24, 2.45) is 0 Å². The largest absolute Gasteiger partial charge is 0.374 e. The molecule has 2 aromatic rings. The average Bonchev–Trinajstić information content (AvgIpc) is 2.51. The van der Waals surface area contributed by atoms with Gasteiger partial charge in [0.05, 0.1) is 5.69 Å². The molecule has 0 aliphatic heterocycles. The van der Waals surface area contributed by atoms with Gasteiger partial charge in [-0.05, 0) is 62.4 Å². The summed E-state index contributed by atoms with van der Waals surface area (Å²) in [7, 11) is 0. The molecule has 0 fully saturated rings. The van der Waals surface area contributed by atoms with Crippen LogP contribution in [-0.2, 0) is 4.79 Å². The molecule has 0 unspecified atom stereocenters. The van der Waals surface area contributed by atoms with Crippen molar-refractivity contribution in [3.8, 4) is 0 Å². The van der Waals surface area contributed by atoms with E-state index in [1.165, 1.54) is 11.1 Å². The molecule has 2 N–H and O–H groups in total. The van der Waals surface area contributed by atoms with Gasteiger partial charge in [-0.15, -0.1) is 11.8 Å². The van der Waals surface area contributed by atoms with Gasteiger partial charge in [-0.1, -0.05) is 18.2 Å². The number of para-hydroxylation sites is 1. The zero-order valence-corrected chi connectivity index (χ0v) is 14.3. The van der Waals surface area contributed by atoms with Crippen LogP contribution in [0.2, 0.25) is 0 Å². The first-order chi connectivity index (χ1) is 10.5. The van der Waals surface area contributed by atoms with Crippen LogP contribution in [0.3, 0.4) is 0 Å². The van der Waals surface area contributed by atoms with Crippen molar-refractivity contribution >= 4 is 29.0 Å². The molecule has 1 amide bonds. The molecule has 0 bridgehead atoms. The summed E-state index contributed by atoms with van der Waals surface area (Å²) in [6.45, 7) is 6.01. The number of amides is 1. The van der Waals surface area contributed by atoms with Crippen LogP contribution in [0.25, 0.3) is 0 Å². The Balaban J connectivity index is 2.04. The van der Waals surface area contributed by atoms with Gasteiger partial charge in [-0.3, -0.25) is 4.79 Å². The van der Waals surface area contributed by atoms with Crippen molar-refractivity contribution in [1.82, 2.24) is 0 Å². The molecule has 22 heavy (non-hydrogen) atoms. The molecule has 0 saturated carbocycles. The van der Waals surface area contributed by atoms with Crippen molar-refractivity contribution in [1.29, 1.82) is 0 Å². The number of hydrogen-bond acceptors (Lipinski definition) is 3. The molecule has 116 valence electrons. The van der Waals surface area contributed by atoms with Crippen molar-refractivity contribution in [3.05, 3.63) is 53.6 Å². The van der Waals surface area contributed by atoms with E-state index in [-0.39, 0.29) is 11.9 Å². The maximum Gasteiger partial charge on any atom is 0.246 e. The van der Waals surface area contributed by atoms with Crippen molar-refractivity contribution < 1.29 is 4.79 Å². The van der Waals surface area contributed by atoms with Crippen molar-refractivity contribution in [3.63, 3.8) is 0 Å². The van der Waals surface area contributed by atoms with Crippen LogP contribution >= 0.6 is 11.8 Å². The average molecular weight is 314 g/mol. The Morgan fingerprint density at radius 3 is 2.50 bits per heavy atom.